The van der Waals surface area contributed by atoms with Crippen LogP contribution in [0.4, 0.5) is 4.39 Å². The average Bonchev–Trinajstić information content (AvgIpc) is 2.12. The largest absolute Gasteiger partial charge is 0.369 e. The van der Waals surface area contributed by atoms with Gasteiger partial charge in [-0.15, -0.1) is 5.10 Å². The van der Waals surface area contributed by atoms with Gasteiger partial charge in [0.15, 0.2) is 0 Å². The van der Waals surface area contributed by atoms with Gasteiger partial charge < -0.3 is 11.5 Å². The lowest BCUT2D eigenvalue weighted by molar-refractivity contribution is 0.626. The molecule has 0 aliphatic rings. The monoisotopic (exact) mass is 384 g/mol. The highest BCUT2D eigenvalue weighted by Gasteiger charge is 2.04. The summed E-state index contributed by atoms with van der Waals surface area (Å²) in [5, 5.41) is 7.01. The summed E-state index contributed by atoms with van der Waals surface area (Å²) in [4.78, 5) is 0. The maximum Gasteiger partial charge on any atom is 0.211 e. The lowest BCUT2D eigenvalue weighted by atomic mass is 10.2. The van der Waals surface area contributed by atoms with E-state index in [-0.39, 0.29) is 11.8 Å². The van der Waals surface area contributed by atoms with Crippen molar-refractivity contribution in [3.63, 3.8) is 0 Å². The number of benzene rings is 1. The molecule has 15 heavy (non-hydrogen) atoms. The number of nitrogens with zero attached hydrogens (tertiary/aromatic N) is 2. The zero-order valence-corrected chi connectivity index (χ0v) is 11.2. The van der Waals surface area contributed by atoms with Crippen molar-refractivity contribution >= 4 is 50.7 Å². The number of guanidine groups is 1. The van der Waals surface area contributed by atoms with Crippen molar-refractivity contribution in [3.8, 4) is 0 Å². The fraction of sp³-hybridized carbons (Fsp3) is 0. The van der Waals surface area contributed by atoms with Gasteiger partial charge in [-0.3, -0.25) is 0 Å². The topological polar surface area (TPSA) is 76.8 Å². The van der Waals surface area contributed by atoms with E-state index in [0.29, 0.717) is 5.56 Å². The van der Waals surface area contributed by atoms with Crippen LogP contribution in [0.25, 0.3) is 0 Å². The molecule has 4 N–H and O–H groups in total. The van der Waals surface area contributed by atoms with Crippen molar-refractivity contribution in [2.24, 2.45) is 21.7 Å². The molecular weight excluding hydrogens is 378 g/mol. The highest BCUT2D eigenvalue weighted by molar-refractivity contribution is 14.1. The quantitative estimate of drug-likeness (QED) is 0.268. The normalized spacial score (nSPS) is 10.6. The molecule has 1 aromatic carbocycles. The van der Waals surface area contributed by atoms with Crippen LogP contribution < -0.4 is 11.5 Å². The van der Waals surface area contributed by atoms with Crippen molar-refractivity contribution in [3.05, 3.63) is 31.6 Å². The fourth-order valence-corrected chi connectivity index (χ4v) is 1.77. The Morgan fingerprint density at radius 1 is 1.47 bits per heavy atom. The summed E-state index contributed by atoms with van der Waals surface area (Å²) < 4.78 is 14.5. The molecule has 80 valence electrons. The first-order chi connectivity index (χ1) is 7.00. The zero-order valence-electron chi connectivity index (χ0n) is 7.42. The second kappa shape index (κ2) is 5.40. The first-order valence-corrected chi connectivity index (χ1v) is 5.64. The SMILES string of the molecule is NC(N)=NN=Cc1cc(F)cc(I)c1Br. The van der Waals surface area contributed by atoms with E-state index in [1.165, 1.54) is 18.3 Å². The summed E-state index contributed by atoms with van der Waals surface area (Å²) in [6.45, 7) is 0. The van der Waals surface area contributed by atoms with Crippen molar-refractivity contribution in [2.45, 2.75) is 0 Å². The Bertz CT molecular complexity index is 429. The predicted molar refractivity (Wildman–Crippen MR) is 70.2 cm³/mol. The van der Waals surface area contributed by atoms with Gasteiger partial charge in [0.25, 0.3) is 0 Å². The van der Waals surface area contributed by atoms with Gasteiger partial charge in [-0.05, 0) is 50.7 Å². The Morgan fingerprint density at radius 3 is 2.73 bits per heavy atom. The van der Waals surface area contributed by atoms with Crippen LogP contribution in [0.15, 0.2) is 26.8 Å². The number of halogens is 3. The molecule has 0 aliphatic heterocycles. The van der Waals surface area contributed by atoms with E-state index in [9.17, 15) is 4.39 Å². The Morgan fingerprint density at radius 2 is 2.13 bits per heavy atom. The third kappa shape index (κ3) is 3.74. The molecule has 0 saturated heterocycles. The molecule has 0 heterocycles. The van der Waals surface area contributed by atoms with E-state index >= 15 is 0 Å². The molecule has 1 rings (SSSR count). The first-order valence-electron chi connectivity index (χ1n) is 3.77. The number of hydrogen-bond donors (Lipinski definition) is 2. The molecule has 0 atom stereocenters. The Balaban J connectivity index is 3.05. The van der Waals surface area contributed by atoms with Crippen molar-refractivity contribution < 1.29 is 4.39 Å². The second-order valence-corrected chi connectivity index (χ2v) is 4.52. The highest BCUT2D eigenvalue weighted by atomic mass is 127. The fourth-order valence-electron chi connectivity index (χ4n) is 0.828. The highest BCUT2D eigenvalue weighted by Crippen LogP contribution is 2.23. The molecule has 0 amide bonds. The third-order valence-corrected chi connectivity index (χ3v) is 3.87. The zero-order chi connectivity index (χ0) is 11.4. The molecular formula is C8H7BrFIN4. The van der Waals surface area contributed by atoms with E-state index < -0.39 is 0 Å². The number of hydrogen-bond acceptors (Lipinski definition) is 2. The van der Waals surface area contributed by atoms with Gasteiger partial charge in [-0.1, -0.05) is 0 Å². The molecule has 0 saturated carbocycles. The minimum atomic E-state index is -0.339. The molecule has 0 fully saturated rings. The van der Waals surface area contributed by atoms with Gasteiger partial charge in [0.2, 0.25) is 5.96 Å². The van der Waals surface area contributed by atoms with Crippen LogP contribution in [0.1, 0.15) is 5.56 Å². The average molecular weight is 385 g/mol. The maximum absolute atomic E-state index is 13.0. The Labute approximate surface area is 108 Å². The van der Waals surface area contributed by atoms with E-state index in [1.54, 1.807) is 0 Å². The van der Waals surface area contributed by atoms with Gasteiger partial charge >= 0.3 is 0 Å². The van der Waals surface area contributed by atoms with E-state index in [4.69, 9.17) is 11.5 Å². The predicted octanol–water partition coefficient (Wildman–Crippen LogP) is 1.80. The van der Waals surface area contributed by atoms with Crippen LogP contribution in [-0.4, -0.2) is 12.2 Å². The van der Waals surface area contributed by atoms with Crippen molar-refractivity contribution in [1.82, 2.24) is 0 Å². The molecule has 0 aromatic heterocycles. The van der Waals surface area contributed by atoms with E-state index in [0.717, 1.165) is 8.04 Å². The smallest absolute Gasteiger partial charge is 0.211 e. The lowest BCUT2D eigenvalue weighted by Gasteiger charge is -2.00. The minimum Gasteiger partial charge on any atom is -0.369 e. The second-order valence-electron chi connectivity index (χ2n) is 2.56. The van der Waals surface area contributed by atoms with Crippen molar-refractivity contribution in [2.75, 3.05) is 0 Å². The van der Waals surface area contributed by atoms with Crippen LogP contribution >= 0.6 is 38.5 Å². The van der Waals surface area contributed by atoms with Gasteiger partial charge in [0.05, 0.1) is 6.21 Å². The van der Waals surface area contributed by atoms with E-state index in [1.807, 2.05) is 22.6 Å². The molecule has 0 bridgehead atoms. The third-order valence-electron chi connectivity index (χ3n) is 1.39. The summed E-state index contributed by atoms with van der Waals surface area (Å²) in [6.07, 6.45) is 1.37. The first kappa shape index (κ1) is 12.4. The molecule has 0 spiro atoms. The van der Waals surface area contributed by atoms with Crippen LogP contribution in [0, 0.1) is 9.39 Å². The standard InChI is InChI=1S/C8H7BrFIN4/c9-7-4(3-14-15-8(12)13)1-5(10)2-6(7)11/h1-3H,(H4,12,13,15). The van der Waals surface area contributed by atoms with Gasteiger partial charge in [0, 0.05) is 13.6 Å². The summed E-state index contributed by atoms with van der Waals surface area (Å²) in [6, 6.07) is 2.74. The van der Waals surface area contributed by atoms with Gasteiger partial charge in [0.1, 0.15) is 5.82 Å². The van der Waals surface area contributed by atoms with Crippen LogP contribution in [-0.2, 0) is 0 Å². The van der Waals surface area contributed by atoms with E-state index in [2.05, 4.69) is 26.1 Å². The summed E-state index contributed by atoms with van der Waals surface area (Å²) in [5.74, 6) is -0.484. The summed E-state index contributed by atoms with van der Waals surface area (Å²) in [7, 11) is 0. The molecule has 0 radical (unpaired) electrons. The number of rotatable bonds is 2. The molecule has 0 aliphatic carbocycles. The number of nitrogens with two attached hydrogens (primary N) is 2. The minimum absolute atomic E-state index is 0.145. The van der Waals surface area contributed by atoms with Crippen LogP contribution in [0.3, 0.4) is 0 Å². The van der Waals surface area contributed by atoms with Crippen LogP contribution in [0.5, 0.6) is 0 Å². The van der Waals surface area contributed by atoms with Crippen molar-refractivity contribution in [1.29, 1.82) is 0 Å². The van der Waals surface area contributed by atoms with Gasteiger partial charge in [-0.25, -0.2) is 4.39 Å². The molecule has 4 nitrogen and oxygen atoms in total. The lowest BCUT2D eigenvalue weighted by Crippen LogP contribution is -2.21. The molecule has 7 heteroatoms. The molecule has 0 unspecified atom stereocenters. The maximum atomic E-state index is 13.0. The Kier molecular flexibility index (Phi) is 4.45. The summed E-state index contributed by atoms with van der Waals surface area (Å²) in [5.41, 5.74) is 10.7. The molecule has 1 aromatic rings. The van der Waals surface area contributed by atoms with Crippen LogP contribution in [0.2, 0.25) is 0 Å². The Hall–Kier alpha value is -0.700. The summed E-state index contributed by atoms with van der Waals surface area (Å²) >= 11 is 5.31. The van der Waals surface area contributed by atoms with Gasteiger partial charge in [-0.2, -0.15) is 5.10 Å².